The average molecular weight is 329 g/mol. The van der Waals surface area contributed by atoms with E-state index in [0.29, 0.717) is 12.5 Å². The maximum absolute atomic E-state index is 13.0. The van der Waals surface area contributed by atoms with E-state index in [1.807, 2.05) is 0 Å². The lowest BCUT2D eigenvalue weighted by atomic mass is 10.2. The molecule has 0 atom stereocenters. The van der Waals surface area contributed by atoms with Gasteiger partial charge in [0, 0.05) is 19.6 Å². The van der Waals surface area contributed by atoms with Crippen molar-refractivity contribution in [1.82, 2.24) is 10.2 Å². The molecule has 0 aromatic heterocycles. The van der Waals surface area contributed by atoms with Gasteiger partial charge in [-0.2, -0.15) is 0 Å². The van der Waals surface area contributed by atoms with Crippen molar-refractivity contribution in [2.45, 2.75) is 13.0 Å². The van der Waals surface area contributed by atoms with Gasteiger partial charge in [0.05, 0.1) is 24.8 Å². The number of aliphatic imine (C=N–C) groups is 1. The van der Waals surface area contributed by atoms with Crippen LogP contribution in [-0.4, -0.2) is 50.3 Å². The molecule has 0 unspecified atom stereocenters. The fourth-order valence-corrected chi connectivity index (χ4v) is 2.42. The van der Waals surface area contributed by atoms with Gasteiger partial charge in [-0.3, -0.25) is 4.90 Å². The van der Waals surface area contributed by atoms with Gasteiger partial charge in [-0.15, -0.1) is 0 Å². The van der Waals surface area contributed by atoms with Crippen molar-refractivity contribution in [3.05, 3.63) is 34.6 Å². The highest BCUT2D eigenvalue weighted by atomic mass is 35.5. The first-order valence-electron chi connectivity index (χ1n) is 7.43. The second kappa shape index (κ2) is 8.92. The van der Waals surface area contributed by atoms with Gasteiger partial charge in [0.2, 0.25) is 0 Å². The molecule has 1 aliphatic heterocycles. The monoisotopic (exact) mass is 328 g/mol. The number of ether oxygens (including phenoxy) is 1. The van der Waals surface area contributed by atoms with Gasteiger partial charge >= 0.3 is 0 Å². The third-order valence-corrected chi connectivity index (χ3v) is 3.77. The summed E-state index contributed by atoms with van der Waals surface area (Å²) < 4.78 is 18.3. The van der Waals surface area contributed by atoms with Crippen molar-refractivity contribution >= 4 is 17.6 Å². The molecule has 0 aliphatic carbocycles. The van der Waals surface area contributed by atoms with E-state index in [4.69, 9.17) is 22.1 Å². The number of nitrogens with zero attached hydrogens (tertiary/aromatic N) is 2. The molecule has 1 heterocycles. The van der Waals surface area contributed by atoms with Crippen LogP contribution in [0, 0.1) is 5.82 Å². The molecule has 0 amide bonds. The Hall–Kier alpha value is -1.37. The number of morpholine rings is 1. The van der Waals surface area contributed by atoms with Gasteiger partial charge in [0.1, 0.15) is 5.82 Å². The van der Waals surface area contributed by atoms with E-state index in [9.17, 15) is 4.39 Å². The fraction of sp³-hybridized carbons (Fsp3) is 0.533. The summed E-state index contributed by atoms with van der Waals surface area (Å²) in [5.41, 5.74) is 6.63. The summed E-state index contributed by atoms with van der Waals surface area (Å²) in [5.74, 6) is -0.0361. The molecule has 0 spiro atoms. The second-order valence-electron chi connectivity index (χ2n) is 5.18. The molecular formula is C15H22ClFN4O. The molecule has 1 aliphatic rings. The SMILES string of the molecule is NC(=NCc1ccc(F)c(Cl)c1)NCCCN1CCOCC1. The number of nitrogens with two attached hydrogens (primary N) is 1. The van der Waals surface area contributed by atoms with E-state index < -0.39 is 5.82 Å². The Morgan fingerprint density at radius 2 is 2.18 bits per heavy atom. The van der Waals surface area contributed by atoms with Crippen LogP contribution in [0.4, 0.5) is 4.39 Å². The number of rotatable bonds is 6. The summed E-state index contributed by atoms with van der Waals surface area (Å²) in [6.07, 6.45) is 0.999. The molecule has 2 rings (SSSR count). The smallest absolute Gasteiger partial charge is 0.188 e. The molecule has 1 aromatic carbocycles. The summed E-state index contributed by atoms with van der Waals surface area (Å²) in [7, 11) is 0. The molecule has 0 saturated carbocycles. The highest BCUT2D eigenvalue weighted by molar-refractivity contribution is 6.30. The number of halogens is 2. The Morgan fingerprint density at radius 3 is 2.91 bits per heavy atom. The fourth-order valence-electron chi connectivity index (χ4n) is 2.21. The third-order valence-electron chi connectivity index (χ3n) is 3.48. The minimum Gasteiger partial charge on any atom is -0.379 e. The van der Waals surface area contributed by atoms with E-state index in [2.05, 4.69) is 15.2 Å². The van der Waals surface area contributed by atoms with Crippen LogP contribution in [0.1, 0.15) is 12.0 Å². The van der Waals surface area contributed by atoms with Crippen LogP contribution in [0.25, 0.3) is 0 Å². The van der Waals surface area contributed by atoms with Crippen LogP contribution in [0.3, 0.4) is 0 Å². The minimum absolute atomic E-state index is 0.102. The molecule has 7 heteroatoms. The zero-order valence-corrected chi connectivity index (χ0v) is 13.3. The van der Waals surface area contributed by atoms with Crippen LogP contribution in [0.2, 0.25) is 5.02 Å². The van der Waals surface area contributed by atoms with Crippen molar-refractivity contribution in [3.8, 4) is 0 Å². The predicted molar refractivity (Wildman–Crippen MR) is 86.6 cm³/mol. The van der Waals surface area contributed by atoms with E-state index in [0.717, 1.165) is 51.4 Å². The summed E-state index contributed by atoms with van der Waals surface area (Å²) in [4.78, 5) is 6.59. The van der Waals surface area contributed by atoms with E-state index >= 15 is 0 Å². The molecule has 1 saturated heterocycles. The summed E-state index contributed by atoms with van der Waals surface area (Å²) in [6.45, 7) is 5.80. The Kier molecular flexibility index (Phi) is 6.89. The Labute approximate surface area is 135 Å². The van der Waals surface area contributed by atoms with Crippen LogP contribution in [-0.2, 0) is 11.3 Å². The Balaban J connectivity index is 1.65. The first kappa shape index (κ1) is 17.0. The topological polar surface area (TPSA) is 62.9 Å². The minimum atomic E-state index is -0.427. The lowest BCUT2D eigenvalue weighted by Crippen LogP contribution is -2.39. The van der Waals surface area contributed by atoms with Crippen LogP contribution >= 0.6 is 11.6 Å². The van der Waals surface area contributed by atoms with Crippen molar-refractivity contribution in [2.24, 2.45) is 10.7 Å². The number of nitrogens with one attached hydrogen (secondary N) is 1. The first-order valence-corrected chi connectivity index (χ1v) is 7.81. The zero-order chi connectivity index (χ0) is 15.8. The maximum atomic E-state index is 13.0. The van der Waals surface area contributed by atoms with E-state index in [1.165, 1.54) is 6.07 Å². The van der Waals surface area contributed by atoms with Gasteiger partial charge in [-0.05, 0) is 30.7 Å². The predicted octanol–water partition coefficient (Wildman–Crippen LogP) is 1.61. The quantitative estimate of drug-likeness (QED) is 0.473. The van der Waals surface area contributed by atoms with Crippen LogP contribution in [0.15, 0.2) is 23.2 Å². The van der Waals surface area contributed by atoms with Gasteiger partial charge in [0.15, 0.2) is 5.96 Å². The Morgan fingerprint density at radius 1 is 1.41 bits per heavy atom. The molecule has 1 fully saturated rings. The molecule has 5 nitrogen and oxygen atoms in total. The van der Waals surface area contributed by atoms with Crippen molar-refractivity contribution in [2.75, 3.05) is 39.4 Å². The number of hydrogen-bond acceptors (Lipinski definition) is 3. The highest BCUT2D eigenvalue weighted by Gasteiger charge is 2.09. The first-order chi connectivity index (χ1) is 10.6. The molecule has 3 N–H and O–H groups in total. The van der Waals surface area contributed by atoms with Gasteiger partial charge < -0.3 is 15.8 Å². The third kappa shape index (κ3) is 5.79. The summed E-state index contributed by atoms with van der Waals surface area (Å²) >= 11 is 5.72. The Bertz CT molecular complexity index is 506. The van der Waals surface area contributed by atoms with E-state index in [-0.39, 0.29) is 5.02 Å². The van der Waals surface area contributed by atoms with E-state index in [1.54, 1.807) is 12.1 Å². The standard InChI is InChI=1S/C15H22ClFN4O/c16-13-10-12(2-3-14(13)17)11-20-15(18)19-4-1-5-21-6-8-22-9-7-21/h2-3,10H,1,4-9,11H2,(H3,18,19,20). The van der Waals surface area contributed by atoms with Crippen LogP contribution in [0.5, 0.6) is 0 Å². The molecule has 1 aromatic rings. The number of guanidine groups is 1. The lowest BCUT2D eigenvalue weighted by molar-refractivity contribution is 0.0376. The van der Waals surface area contributed by atoms with Crippen molar-refractivity contribution in [3.63, 3.8) is 0 Å². The molecular weight excluding hydrogens is 307 g/mol. The molecule has 22 heavy (non-hydrogen) atoms. The lowest BCUT2D eigenvalue weighted by Gasteiger charge is -2.26. The number of benzene rings is 1. The second-order valence-corrected chi connectivity index (χ2v) is 5.59. The average Bonchev–Trinajstić information content (AvgIpc) is 2.54. The summed E-state index contributed by atoms with van der Waals surface area (Å²) in [5, 5.41) is 3.18. The molecule has 0 bridgehead atoms. The molecule has 0 radical (unpaired) electrons. The highest BCUT2D eigenvalue weighted by Crippen LogP contribution is 2.16. The number of hydrogen-bond donors (Lipinski definition) is 2. The molecule has 122 valence electrons. The van der Waals surface area contributed by atoms with Crippen molar-refractivity contribution < 1.29 is 9.13 Å². The van der Waals surface area contributed by atoms with Gasteiger partial charge in [0.25, 0.3) is 0 Å². The van der Waals surface area contributed by atoms with Gasteiger partial charge in [-0.1, -0.05) is 17.7 Å². The zero-order valence-electron chi connectivity index (χ0n) is 12.5. The summed E-state index contributed by atoms with van der Waals surface area (Å²) in [6, 6.07) is 4.54. The maximum Gasteiger partial charge on any atom is 0.188 e. The van der Waals surface area contributed by atoms with Gasteiger partial charge in [-0.25, -0.2) is 9.38 Å². The van der Waals surface area contributed by atoms with Crippen LogP contribution < -0.4 is 11.1 Å². The largest absolute Gasteiger partial charge is 0.379 e. The van der Waals surface area contributed by atoms with Crippen molar-refractivity contribution in [1.29, 1.82) is 0 Å². The normalized spacial score (nSPS) is 16.7.